The quantitative estimate of drug-likeness (QED) is 0.488. The molecule has 0 atom stereocenters. The maximum atomic E-state index is 4.07. The molecule has 0 aliphatic carbocycles. The highest BCUT2D eigenvalue weighted by Gasteiger charge is 1.82. The zero-order valence-corrected chi connectivity index (χ0v) is 12.8. The summed E-state index contributed by atoms with van der Waals surface area (Å²) in [4.78, 5) is 8.07. The lowest BCUT2D eigenvalue weighted by molar-refractivity contribution is 0.737. The van der Waals surface area contributed by atoms with Crippen molar-refractivity contribution in [2.75, 3.05) is 0 Å². The minimum atomic E-state index is 0.351. The average molecular weight is 228 g/mol. The van der Waals surface area contributed by atoms with Gasteiger partial charge in [0.15, 0.2) is 0 Å². The van der Waals surface area contributed by atoms with Crippen molar-refractivity contribution in [2.45, 2.75) is 68.4 Å². The lowest BCUT2D eigenvalue weighted by Gasteiger charge is -1.91. The Morgan fingerprint density at radius 1 is 0.812 bits per heavy atom. The van der Waals surface area contributed by atoms with Crippen LogP contribution in [-0.2, 0) is 0 Å². The van der Waals surface area contributed by atoms with Gasteiger partial charge in [0.2, 0.25) is 0 Å². The first-order chi connectivity index (χ1) is 7.36. The van der Waals surface area contributed by atoms with E-state index in [1.165, 1.54) is 0 Å². The third-order valence-electron chi connectivity index (χ3n) is 0.816. The molecule has 2 heteroatoms. The largest absolute Gasteiger partial charge is 0.271 e. The maximum Gasteiger partial charge on any atom is 0.109 e. The van der Waals surface area contributed by atoms with Gasteiger partial charge < -0.3 is 0 Å². The summed E-state index contributed by atoms with van der Waals surface area (Å²) in [5.41, 5.74) is 0. The van der Waals surface area contributed by atoms with Gasteiger partial charge in [-0.2, -0.15) is 0 Å². The van der Waals surface area contributed by atoms with E-state index in [-0.39, 0.29) is 0 Å². The van der Waals surface area contributed by atoms with Crippen LogP contribution in [0.4, 0.5) is 0 Å². The van der Waals surface area contributed by atoms with Crippen LogP contribution in [0.3, 0.4) is 0 Å². The second-order valence-electron chi connectivity index (χ2n) is 4.63. The Hall–Kier alpha value is -0.660. The molecule has 0 aromatic rings. The molecular formula is C14H32N2. The molecule has 0 unspecified atom stereocenters. The van der Waals surface area contributed by atoms with Crippen LogP contribution in [0.25, 0.3) is 0 Å². The minimum Gasteiger partial charge on any atom is -0.271 e. The standard InChI is InChI=1S/C8H16N2.C4H10.C2H6/c1-7(2)5-9-6-10-8(3)4;1-4(2)3;1-2/h5-8H,1-4H3;4H,1-3H3;1-2H3. The molecule has 0 saturated heterocycles. The summed E-state index contributed by atoms with van der Waals surface area (Å²) < 4.78 is 0. The highest BCUT2D eigenvalue weighted by atomic mass is 14.9. The van der Waals surface area contributed by atoms with Gasteiger partial charge >= 0.3 is 0 Å². The Morgan fingerprint density at radius 3 is 1.44 bits per heavy atom. The van der Waals surface area contributed by atoms with Crippen LogP contribution in [0.5, 0.6) is 0 Å². The van der Waals surface area contributed by atoms with Crippen LogP contribution in [0.1, 0.15) is 62.3 Å². The fourth-order valence-corrected chi connectivity index (χ4v) is 0.382. The highest BCUT2D eigenvalue weighted by Crippen LogP contribution is 1.85. The summed E-state index contributed by atoms with van der Waals surface area (Å²) in [7, 11) is 0. The van der Waals surface area contributed by atoms with E-state index in [0.29, 0.717) is 12.0 Å². The van der Waals surface area contributed by atoms with Gasteiger partial charge in [0.25, 0.3) is 0 Å². The molecule has 0 N–H and O–H groups in total. The summed E-state index contributed by atoms with van der Waals surface area (Å²) in [5.74, 6) is 1.35. The molecule has 0 aliphatic rings. The summed E-state index contributed by atoms with van der Waals surface area (Å²) in [6, 6.07) is 0.351. The minimum absolute atomic E-state index is 0.351. The number of hydrogen-bond acceptors (Lipinski definition) is 1. The molecule has 16 heavy (non-hydrogen) atoms. The van der Waals surface area contributed by atoms with E-state index in [0.717, 1.165) is 5.92 Å². The van der Waals surface area contributed by atoms with E-state index in [9.17, 15) is 0 Å². The number of rotatable bonds is 3. The van der Waals surface area contributed by atoms with E-state index in [1.54, 1.807) is 6.34 Å². The topological polar surface area (TPSA) is 24.7 Å². The highest BCUT2D eigenvalue weighted by molar-refractivity contribution is 5.73. The van der Waals surface area contributed by atoms with Gasteiger partial charge in [-0.1, -0.05) is 48.5 Å². The molecule has 0 rings (SSSR count). The zero-order chi connectivity index (χ0) is 13.6. The van der Waals surface area contributed by atoms with Gasteiger partial charge in [-0.3, -0.25) is 4.99 Å². The van der Waals surface area contributed by atoms with Crippen LogP contribution >= 0.6 is 0 Å². The molecule has 0 radical (unpaired) electrons. The Morgan fingerprint density at radius 2 is 1.19 bits per heavy atom. The van der Waals surface area contributed by atoms with Crippen LogP contribution in [0, 0.1) is 11.8 Å². The zero-order valence-electron chi connectivity index (χ0n) is 12.8. The van der Waals surface area contributed by atoms with Gasteiger partial charge in [-0.25, -0.2) is 4.99 Å². The van der Waals surface area contributed by atoms with Crippen LogP contribution < -0.4 is 0 Å². The molecule has 0 fully saturated rings. The SMILES string of the molecule is CC.CC(C)C.CC(C)C=NC=NC(C)C. The lowest BCUT2D eigenvalue weighted by atomic mass is 10.3. The van der Waals surface area contributed by atoms with Gasteiger partial charge in [0.1, 0.15) is 6.34 Å². The molecule has 0 saturated carbocycles. The van der Waals surface area contributed by atoms with Crippen molar-refractivity contribution in [3.63, 3.8) is 0 Å². The monoisotopic (exact) mass is 228 g/mol. The molecule has 0 bridgehead atoms. The van der Waals surface area contributed by atoms with E-state index >= 15 is 0 Å². The first-order valence-electron chi connectivity index (χ1n) is 6.41. The fourth-order valence-electron chi connectivity index (χ4n) is 0.382. The molecule has 0 spiro atoms. The van der Waals surface area contributed by atoms with E-state index in [4.69, 9.17) is 0 Å². The molecule has 0 aliphatic heterocycles. The van der Waals surface area contributed by atoms with Crippen molar-refractivity contribution in [2.24, 2.45) is 21.8 Å². The van der Waals surface area contributed by atoms with E-state index in [1.807, 2.05) is 33.9 Å². The molecule has 0 amide bonds. The van der Waals surface area contributed by atoms with Crippen LogP contribution in [0.15, 0.2) is 9.98 Å². The summed E-state index contributed by atoms with van der Waals surface area (Å²) in [6.45, 7) is 18.7. The van der Waals surface area contributed by atoms with Crippen molar-refractivity contribution in [1.82, 2.24) is 0 Å². The Bertz CT molecular complexity index is 137. The summed E-state index contributed by atoms with van der Waals surface area (Å²) in [5, 5.41) is 0. The van der Waals surface area contributed by atoms with Crippen molar-refractivity contribution in [1.29, 1.82) is 0 Å². The smallest absolute Gasteiger partial charge is 0.109 e. The van der Waals surface area contributed by atoms with Gasteiger partial charge in [-0.15, -0.1) is 0 Å². The van der Waals surface area contributed by atoms with Crippen molar-refractivity contribution in [3.05, 3.63) is 0 Å². The average Bonchev–Trinajstić information content (AvgIpc) is 2.14. The summed E-state index contributed by atoms with van der Waals surface area (Å²) >= 11 is 0. The Balaban J connectivity index is -0.000000237. The number of hydrogen-bond donors (Lipinski definition) is 0. The molecule has 0 heterocycles. The Kier molecular flexibility index (Phi) is 21.7. The van der Waals surface area contributed by atoms with Crippen molar-refractivity contribution >= 4 is 12.6 Å². The lowest BCUT2D eigenvalue weighted by Crippen LogP contribution is -1.90. The predicted octanol–water partition coefficient (Wildman–Crippen LogP) is 4.84. The molecule has 0 aromatic carbocycles. The number of aliphatic imine (C=N–C) groups is 2. The molecule has 0 aromatic heterocycles. The first-order valence-corrected chi connectivity index (χ1v) is 6.41. The second kappa shape index (κ2) is 16.8. The third kappa shape index (κ3) is 50.5. The van der Waals surface area contributed by atoms with Gasteiger partial charge in [0.05, 0.1) is 0 Å². The van der Waals surface area contributed by atoms with E-state index in [2.05, 4.69) is 44.6 Å². The Labute approximate surface area is 103 Å². The predicted molar refractivity (Wildman–Crippen MR) is 78.8 cm³/mol. The third-order valence-corrected chi connectivity index (χ3v) is 0.816. The van der Waals surface area contributed by atoms with Gasteiger partial charge in [-0.05, 0) is 25.7 Å². The molecule has 2 nitrogen and oxygen atoms in total. The first kappa shape index (κ1) is 20.7. The van der Waals surface area contributed by atoms with Crippen LogP contribution in [-0.4, -0.2) is 18.6 Å². The molecule has 98 valence electrons. The molecular weight excluding hydrogens is 196 g/mol. The number of nitrogens with zero attached hydrogens (tertiary/aromatic N) is 2. The van der Waals surface area contributed by atoms with E-state index < -0.39 is 0 Å². The fraction of sp³-hybridized carbons (Fsp3) is 0.857. The van der Waals surface area contributed by atoms with Crippen LogP contribution in [0.2, 0.25) is 0 Å². The second-order valence-corrected chi connectivity index (χ2v) is 4.63. The van der Waals surface area contributed by atoms with Gasteiger partial charge in [0, 0.05) is 12.3 Å². The normalized spacial score (nSPS) is 10.8. The van der Waals surface area contributed by atoms with Crippen molar-refractivity contribution in [3.8, 4) is 0 Å². The maximum absolute atomic E-state index is 4.07. The van der Waals surface area contributed by atoms with Crippen molar-refractivity contribution < 1.29 is 0 Å². The summed E-state index contributed by atoms with van der Waals surface area (Å²) in [6.07, 6.45) is 3.50.